The van der Waals surface area contributed by atoms with Crippen molar-refractivity contribution in [3.8, 4) is 0 Å². The van der Waals surface area contributed by atoms with Crippen LogP contribution in [0.15, 0.2) is 30.3 Å². The van der Waals surface area contributed by atoms with Crippen molar-refractivity contribution in [3.63, 3.8) is 0 Å². The lowest BCUT2D eigenvalue weighted by molar-refractivity contribution is 0.0933. The van der Waals surface area contributed by atoms with E-state index < -0.39 is 0 Å². The molecule has 106 valence electrons. The molecule has 5 heteroatoms. The molecular formula is C14H21ClN2O2. The predicted octanol–water partition coefficient (Wildman–Crippen LogP) is 2.56. The van der Waals surface area contributed by atoms with Gasteiger partial charge in [-0.25, -0.2) is 4.79 Å². The van der Waals surface area contributed by atoms with Crippen LogP contribution in [0.2, 0.25) is 0 Å². The van der Waals surface area contributed by atoms with Crippen molar-refractivity contribution < 1.29 is 9.53 Å². The van der Waals surface area contributed by atoms with Gasteiger partial charge in [-0.3, -0.25) is 0 Å². The second kappa shape index (κ2) is 8.02. The average molecular weight is 285 g/mol. The lowest BCUT2D eigenvalue weighted by Gasteiger charge is -2.21. The summed E-state index contributed by atoms with van der Waals surface area (Å²) in [6.45, 7) is 1.65. The van der Waals surface area contributed by atoms with Crippen LogP contribution in [0.4, 0.5) is 4.79 Å². The molecule has 0 bridgehead atoms. The predicted molar refractivity (Wildman–Crippen MR) is 77.3 cm³/mol. The third-order valence-electron chi connectivity index (χ3n) is 3.03. The zero-order valence-corrected chi connectivity index (χ0v) is 11.8. The van der Waals surface area contributed by atoms with E-state index in [9.17, 15) is 4.79 Å². The molecule has 2 rings (SSSR count). The maximum Gasteiger partial charge on any atom is 0.410 e. The van der Waals surface area contributed by atoms with Gasteiger partial charge >= 0.3 is 6.09 Å². The van der Waals surface area contributed by atoms with Gasteiger partial charge in [0, 0.05) is 12.6 Å². The summed E-state index contributed by atoms with van der Waals surface area (Å²) in [7, 11) is 0. The zero-order chi connectivity index (χ0) is 12.8. The van der Waals surface area contributed by atoms with E-state index in [4.69, 9.17) is 10.5 Å². The Morgan fingerprint density at radius 2 is 2.00 bits per heavy atom. The van der Waals surface area contributed by atoms with Crippen molar-refractivity contribution in [1.82, 2.24) is 4.90 Å². The van der Waals surface area contributed by atoms with Gasteiger partial charge in [-0.15, -0.1) is 12.4 Å². The third-order valence-corrected chi connectivity index (χ3v) is 3.03. The highest BCUT2D eigenvalue weighted by Crippen LogP contribution is 2.27. The molecule has 19 heavy (non-hydrogen) atoms. The van der Waals surface area contributed by atoms with Gasteiger partial charge in [0.1, 0.15) is 6.61 Å². The lowest BCUT2D eigenvalue weighted by Crippen LogP contribution is -2.35. The van der Waals surface area contributed by atoms with Gasteiger partial charge in [-0.05, 0) is 31.4 Å². The van der Waals surface area contributed by atoms with E-state index in [0.717, 1.165) is 24.8 Å². The summed E-state index contributed by atoms with van der Waals surface area (Å²) in [5, 5.41) is 0. The molecule has 0 aliphatic heterocycles. The second-order valence-electron chi connectivity index (χ2n) is 4.61. The van der Waals surface area contributed by atoms with E-state index in [1.54, 1.807) is 0 Å². The van der Waals surface area contributed by atoms with Crippen LogP contribution >= 0.6 is 12.4 Å². The zero-order valence-electron chi connectivity index (χ0n) is 11.0. The van der Waals surface area contributed by atoms with E-state index >= 15 is 0 Å². The SMILES string of the molecule is Cl.NCCCN(C(=O)OCc1ccccc1)C1CC1. The molecule has 0 aromatic heterocycles. The van der Waals surface area contributed by atoms with Crippen molar-refractivity contribution in [1.29, 1.82) is 0 Å². The van der Waals surface area contributed by atoms with Crippen LogP contribution < -0.4 is 5.73 Å². The molecule has 0 spiro atoms. The molecule has 1 fully saturated rings. The Hall–Kier alpha value is -1.26. The summed E-state index contributed by atoms with van der Waals surface area (Å²) in [5.41, 5.74) is 6.50. The van der Waals surface area contributed by atoms with Gasteiger partial charge in [-0.1, -0.05) is 30.3 Å². The summed E-state index contributed by atoms with van der Waals surface area (Å²) in [4.78, 5) is 13.8. The number of carbonyl (C=O) groups is 1. The third kappa shape index (κ3) is 5.09. The standard InChI is InChI=1S/C14H20N2O2.ClH/c15-9-4-10-16(13-7-8-13)14(17)18-11-12-5-2-1-3-6-12;/h1-3,5-6,13H,4,7-11,15H2;1H. The Bertz CT molecular complexity index is 382. The Morgan fingerprint density at radius 3 is 2.58 bits per heavy atom. The van der Waals surface area contributed by atoms with Crippen molar-refractivity contribution in [2.24, 2.45) is 5.73 Å². The molecule has 1 aromatic carbocycles. The van der Waals surface area contributed by atoms with E-state index in [0.29, 0.717) is 25.7 Å². The minimum absolute atomic E-state index is 0. The number of hydrogen-bond acceptors (Lipinski definition) is 3. The summed E-state index contributed by atoms with van der Waals surface area (Å²) >= 11 is 0. The quantitative estimate of drug-likeness (QED) is 0.873. The van der Waals surface area contributed by atoms with Gasteiger partial charge < -0.3 is 15.4 Å². The van der Waals surface area contributed by atoms with Crippen molar-refractivity contribution >= 4 is 18.5 Å². The Balaban J connectivity index is 0.00000180. The minimum atomic E-state index is -0.213. The lowest BCUT2D eigenvalue weighted by atomic mass is 10.2. The molecular weight excluding hydrogens is 264 g/mol. The van der Waals surface area contributed by atoms with Crippen LogP contribution in [0.3, 0.4) is 0 Å². The van der Waals surface area contributed by atoms with Crippen molar-refractivity contribution in [3.05, 3.63) is 35.9 Å². The van der Waals surface area contributed by atoms with Crippen LogP contribution in [-0.2, 0) is 11.3 Å². The molecule has 0 saturated heterocycles. The molecule has 0 heterocycles. The molecule has 0 unspecified atom stereocenters. The van der Waals surface area contributed by atoms with Gasteiger partial charge in [-0.2, -0.15) is 0 Å². The monoisotopic (exact) mass is 284 g/mol. The first kappa shape index (κ1) is 15.8. The normalized spacial score (nSPS) is 13.5. The molecule has 2 N–H and O–H groups in total. The fraction of sp³-hybridized carbons (Fsp3) is 0.500. The van der Waals surface area contributed by atoms with E-state index in [-0.39, 0.29) is 18.5 Å². The fourth-order valence-corrected chi connectivity index (χ4v) is 1.87. The molecule has 1 saturated carbocycles. The van der Waals surface area contributed by atoms with Crippen LogP contribution in [0.25, 0.3) is 0 Å². The fourth-order valence-electron chi connectivity index (χ4n) is 1.87. The van der Waals surface area contributed by atoms with E-state index in [1.807, 2.05) is 35.2 Å². The highest BCUT2D eigenvalue weighted by atomic mass is 35.5. The smallest absolute Gasteiger partial charge is 0.410 e. The molecule has 1 aliphatic rings. The molecule has 1 amide bonds. The number of rotatable bonds is 6. The van der Waals surface area contributed by atoms with Gasteiger partial charge in [0.15, 0.2) is 0 Å². The molecule has 0 radical (unpaired) electrons. The number of amides is 1. The molecule has 1 aliphatic carbocycles. The van der Waals surface area contributed by atoms with Crippen LogP contribution in [0, 0.1) is 0 Å². The van der Waals surface area contributed by atoms with E-state index in [1.165, 1.54) is 0 Å². The second-order valence-corrected chi connectivity index (χ2v) is 4.61. The summed E-state index contributed by atoms with van der Waals surface area (Å²) < 4.78 is 5.33. The summed E-state index contributed by atoms with van der Waals surface area (Å²) in [6, 6.07) is 10.1. The van der Waals surface area contributed by atoms with E-state index in [2.05, 4.69) is 0 Å². The Labute approximate surface area is 120 Å². The topological polar surface area (TPSA) is 55.6 Å². The van der Waals surface area contributed by atoms with Gasteiger partial charge in [0.2, 0.25) is 0 Å². The molecule has 0 atom stereocenters. The number of nitrogens with two attached hydrogens (primary N) is 1. The summed E-state index contributed by atoms with van der Waals surface area (Å²) in [5.74, 6) is 0. The minimum Gasteiger partial charge on any atom is -0.445 e. The number of carbonyl (C=O) groups excluding carboxylic acids is 1. The Morgan fingerprint density at radius 1 is 1.32 bits per heavy atom. The van der Waals surface area contributed by atoms with Crippen LogP contribution in [0.1, 0.15) is 24.8 Å². The van der Waals surface area contributed by atoms with Crippen molar-refractivity contribution in [2.75, 3.05) is 13.1 Å². The highest BCUT2D eigenvalue weighted by molar-refractivity contribution is 5.85. The number of hydrogen-bond donors (Lipinski definition) is 1. The summed E-state index contributed by atoms with van der Waals surface area (Å²) in [6.07, 6.45) is 2.79. The van der Waals surface area contributed by atoms with Crippen LogP contribution in [0.5, 0.6) is 0 Å². The number of nitrogens with zero attached hydrogens (tertiary/aromatic N) is 1. The molecule has 4 nitrogen and oxygen atoms in total. The number of halogens is 1. The van der Waals surface area contributed by atoms with Crippen LogP contribution in [-0.4, -0.2) is 30.1 Å². The average Bonchev–Trinajstić information content (AvgIpc) is 3.22. The first-order valence-electron chi connectivity index (χ1n) is 6.48. The van der Waals surface area contributed by atoms with Gasteiger partial charge in [0.25, 0.3) is 0 Å². The van der Waals surface area contributed by atoms with Crippen molar-refractivity contribution in [2.45, 2.75) is 31.9 Å². The Kier molecular flexibility index (Phi) is 6.67. The number of ether oxygens (including phenoxy) is 1. The first-order valence-corrected chi connectivity index (χ1v) is 6.48. The number of benzene rings is 1. The maximum absolute atomic E-state index is 12.0. The maximum atomic E-state index is 12.0. The highest BCUT2D eigenvalue weighted by Gasteiger charge is 2.32. The molecule has 1 aromatic rings. The first-order chi connectivity index (χ1) is 8.81. The van der Waals surface area contributed by atoms with Gasteiger partial charge in [0.05, 0.1) is 0 Å². The largest absolute Gasteiger partial charge is 0.445 e.